The van der Waals surface area contributed by atoms with E-state index in [1.54, 1.807) is 6.92 Å². The molecule has 2 unspecified atom stereocenters. The predicted octanol–water partition coefficient (Wildman–Crippen LogP) is 1.78. The molecule has 1 aromatic carbocycles. The first-order valence-corrected chi connectivity index (χ1v) is 7.44. The second-order valence-electron chi connectivity index (χ2n) is 5.61. The predicted molar refractivity (Wildman–Crippen MR) is 77.0 cm³/mol. The molecular formula is C16H19NO5. The zero-order valence-corrected chi connectivity index (χ0v) is 12.4. The molecule has 1 aliphatic carbocycles. The summed E-state index contributed by atoms with van der Waals surface area (Å²) in [6.07, 6.45) is 0.351. The van der Waals surface area contributed by atoms with E-state index in [1.807, 2.05) is 30.3 Å². The van der Waals surface area contributed by atoms with Crippen LogP contribution in [0.1, 0.15) is 25.3 Å². The van der Waals surface area contributed by atoms with Crippen LogP contribution in [0.3, 0.4) is 0 Å². The molecule has 1 aliphatic heterocycles. The standard InChI is InChI=1S/C16H19NO5/c1-2-20-14(18)16(8-12-13(9-16)22-12)17-15(19)21-10-11-6-4-3-5-7-11/h3-7,12-13H,2,8-10H2,1H3,(H,17,19). The van der Waals surface area contributed by atoms with Gasteiger partial charge >= 0.3 is 12.1 Å². The number of ether oxygens (including phenoxy) is 3. The van der Waals surface area contributed by atoms with Gasteiger partial charge in [-0.15, -0.1) is 0 Å². The molecule has 1 saturated carbocycles. The third-order valence-electron chi connectivity index (χ3n) is 4.01. The first kappa shape index (κ1) is 14.8. The number of rotatable bonds is 5. The summed E-state index contributed by atoms with van der Waals surface area (Å²) < 4.78 is 15.6. The summed E-state index contributed by atoms with van der Waals surface area (Å²) in [5.41, 5.74) is -0.127. The number of benzene rings is 1. The highest BCUT2D eigenvalue weighted by Crippen LogP contribution is 2.45. The molecular weight excluding hydrogens is 286 g/mol. The van der Waals surface area contributed by atoms with Crippen molar-refractivity contribution in [1.29, 1.82) is 0 Å². The molecule has 6 nitrogen and oxygen atoms in total. The maximum absolute atomic E-state index is 12.2. The van der Waals surface area contributed by atoms with E-state index < -0.39 is 17.6 Å². The number of carbonyl (C=O) groups is 2. The van der Waals surface area contributed by atoms with Crippen molar-refractivity contribution in [3.63, 3.8) is 0 Å². The Morgan fingerprint density at radius 3 is 2.55 bits per heavy atom. The lowest BCUT2D eigenvalue weighted by atomic mass is 9.97. The Morgan fingerprint density at radius 2 is 1.91 bits per heavy atom. The van der Waals surface area contributed by atoms with Crippen LogP contribution in [-0.4, -0.2) is 36.4 Å². The molecule has 0 aromatic heterocycles. The molecule has 6 heteroatoms. The molecule has 0 bridgehead atoms. The van der Waals surface area contributed by atoms with E-state index in [0.717, 1.165) is 5.56 Å². The summed E-state index contributed by atoms with van der Waals surface area (Å²) in [5.74, 6) is -0.414. The first-order valence-electron chi connectivity index (χ1n) is 7.44. The summed E-state index contributed by atoms with van der Waals surface area (Å²) in [6, 6.07) is 9.38. The van der Waals surface area contributed by atoms with E-state index in [-0.39, 0.29) is 25.4 Å². The van der Waals surface area contributed by atoms with Gasteiger partial charge in [0.2, 0.25) is 0 Å². The third-order valence-corrected chi connectivity index (χ3v) is 4.01. The van der Waals surface area contributed by atoms with Crippen LogP contribution >= 0.6 is 0 Å². The van der Waals surface area contributed by atoms with E-state index in [4.69, 9.17) is 14.2 Å². The maximum atomic E-state index is 12.2. The molecule has 1 aromatic rings. The Balaban J connectivity index is 1.58. The molecule has 3 rings (SSSR count). The van der Waals surface area contributed by atoms with Crippen LogP contribution in [0.15, 0.2) is 30.3 Å². The first-order chi connectivity index (χ1) is 10.6. The quantitative estimate of drug-likeness (QED) is 0.663. The van der Waals surface area contributed by atoms with E-state index in [0.29, 0.717) is 12.8 Å². The van der Waals surface area contributed by atoms with Gasteiger partial charge in [-0.05, 0) is 12.5 Å². The molecule has 22 heavy (non-hydrogen) atoms. The Hall–Kier alpha value is -2.08. The fraction of sp³-hybridized carbons (Fsp3) is 0.500. The van der Waals surface area contributed by atoms with Crippen molar-refractivity contribution in [2.45, 2.75) is 44.1 Å². The molecule has 2 atom stereocenters. The summed E-state index contributed by atoms with van der Waals surface area (Å²) in [5, 5.41) is 2.69. The SMILES string of the molecule is CCOC(=O)C1(NC(=O)OCc2ccccc2)CC2OC2C1. The van der Waals surface area contributed by atoms with Gasteiger partial charge < -0.3 is 19.5 Å². The van der Waals surface area contributed by atoms with Crippen LogP contribution in [0.5, 0.6) is 0 Å². The lowest BCUT2D eigenvalue weighted by Crippen LogP contribution is -2.54. The number of epoxide rings is 1. The molecule has 118 valence electrons. The number of fused-ring (bicyclic) bond motifs is 1. The number of hydrogen-bond acceptors (Lipinski definition) is 5. The van der Waals surface area contributed by atoms with E-state index in [1.165, 1.54) is 0 Å². The number of hydrogen-bond donors (Lipinski definition) is 1. The Kier molecular flexibility index (Phi) is 4.02. The second-order valence-corrected chi connectivity index (χ2v) is 5.61. The maximum Gasteiger partial charge on any atom is 0.408 e. The highest BCUT2D eigenvalue weighted by Gasteiger charge is 2.61. The van der Waals surface area contributed by atoms with Crippen LogP contribution < -0.4 is 5.32 Å². The van der Waals surface area contributed by atoms with Crippen LogP contribution in [0.25, 0.3) is 0 Å². The molecule has 1 N–H and O–H groups in total. The van der Waals surface area contributed by atoms with Gasteiger partial charge in [0.15, 0.2) is 0 Å². The summed E-state index contributed by atoms with van der Waals surface area (Å²) in [7, 11) is 0. The van der Waals surface area contributed by atoms with Crippen LogP contribution in [0.4, 0.5) is 4.79 Å². The molecule has 1 saturated heterocycles. The van der Waals surface area contributed by atoms with Gasteiger partial charge in [0, 0.05) is 12.8 Å². The average molecular weight is 305 g/mol. The highest BCUT2D eigenvalue weighted by atomic mass is 16.6. The van der Waals surface area contributed by atoms with Crippen molar-refractivity contribution in [2.24, 2.45) is 0 Å². The van der Waals surface area contributed by atoms with Crippen molar-refractivity contribution in [2.75, 3.05) is 6.61 Å². The number of esters is 1. The fourth-order valence-electron chi connectivity index (χ4n) is 2.85. The monoisotopic (exact) mass is 305 g/mol. The Morgan fingerprint density at radius 1 is 1.23 bits per heavy atom. The summed E-state index contributed by atoms with van der Waals surface area (Å²) in [6.45, 7) is 2.18. The smallest absolute Gasteiger partial charge is 0.408 e. The van der Waals surface area contributed by atoms with E-state index in [2.05, 4.69) is 5.32 Å². The van der Waals surface area contributed by atoms with Gasteiger partial charge in [0.25, 0.3) is 0 Å². The topological polar surface area (TPSA) is 77.2 Å². The average Bonchev–Trinajstić information content (AvgIpc) is 3.14. The Bertz CT molecular complexity index is 549. The number of nitrogens with one attached hydrogen (secondary N) is 1. The lowest BCUT2D eigenvalue weighted by molar-refractivity contribution is -0.152. The van der Waals surface area contributed by atoms with Gasteiger partial charge in [-0.25, -0.2) is 9.59 Å². The van der Waals surface area contributed by atoms with Crippen LogP contribution in [0.2, 0.25) is 0 Å². The van der Waals surface area contributed by atoms with Gasteiger partial charge in [-0.2, -0.15) is 0 Å². The fourth-order valence-corrected chi connectivity index (χ4v) is 2.85. The summed E-state index contributed by atoms with van der Waals surface area (Å²) in [4.78, 5) is 24.2. The molecule has 2 fully saturated rings. The molecule has 2 aliphatic rings. The zero-order chi connectivity index (χ0) is 15.6. The van der Waals surface area contributed by atoms with Crippen molar-refractivity contribution in [3.05, 3.63) is 35.9 Å². The van der Waals surface area contributed by atoms with E-state index in [9.17, 15) is 9.59 Å². The van der Waals surface area contributed by atoms with Crippen molar-refractivity contribution >= 4 is 12.1 Å². The molecule has 0 radical (unpaired) electrons. The Labute approximate surface area is 128 Å². The second kappa shape index (κ2) is 5.96. The molecule has 1 amide bonds. The van der Waals surface area contributed by atoms with Crippen molar-refractivity contribution in [1.82, 2.24) is 5.32 Å². The lowest BCUT2D eigenvalue weighted by Gasteiger charge is -2.28. The minimum absolute atomic E-state index is 0.0406. The number of alkyl carbamates (subject to hydrolysis) is 1. The highest BCUT2D eigenvalue weighted by molar-refractivity contribution is 5.86. The van der Waals surface area contributed by atoms with Crippen molar-refractivity contribution < 1.29 is 23.8 Å². The van der Waals surface area contributed by atoms with Gasteiger partial charge in [0.05, 0.1) is 18.8 Å². The van der Waals surface area contributed by atoms with Gasteiger partial charge in [-0.3, -0.25) is 0 Å². The van der Waals surface area contributed by atoms with Crippen LogP contribution in [0, 0.1) is 0 Å². The molecule has 0 spiro atoms. The number of carbonyl (C=O) groups excluding carboxylic acids is 2. The van der Waals surface area contributed by atoms with Crippen molar-refractivity contribution in [3.8, 4) is 0 Å². The molecule has 1 heterocycles. The van der Waals surface area contributed by atoms with Gasteiger partial charge in [0.1, 0.15) is 12.1 Å². The number of amides is 1. The van der Waals surface area contributed by atoms with Crippen LogP contribution in [-0.2, 0) is 25.6 Å². The largest absolute Gasteiger partial charge is 0.464 e. The zero-order valence-electron chi connectivity index (χ0n) is 12.4. The minimum Gasteiger partial charge on any atom is -0.464 e. The van der Waals surface area contributed by atoms with E-state index >= 15 is 0 Å². The minimum atomic E-state index is -1.02. The normalized spacial score (nSPS) is 28.6. The van der Waals surface area contributed by atoms with Gasteiger partial charge in [-0.1, -0.05) is 30.3 Å². The summed E-state index contributed by atoms with van der Waals surface area (Å²) >= 11 is 0. The third kappa shape index (κ3) is 3.06.